The second-order valence-electron chi connectivity index (χ2n) is 5.56. The third kappa shape index (κ3) is 3.85. The molecular formula is C13H27N3O2. The fourth-order valence-electron chi connectivity index (χ4n) is 2.47. The van der Waals surface area contributed by atoms with Gasteiger partial charge in [-0.3, -0.25) is 0 Å². The third-order valence-corrected chi connectivity index (χ3v) is 3.92. The van der Waals surface area contributed by atoms with Gasteiger partial charge in [0.15, 0.2) is 0 Å². The highest BCUT2D eigenvalue weighted by molar-refractivity contribution is 5.79. The maximum Gasteiger partial charge on any atom is 0.139 e. The first kappa shape index (κ1) is 15.2. The molecule has 5 heteroatoms. The molecule has 18 heavy (non-hydrogen) atoms. The van der Waals surface area contributed by atoms with Crippen LogP contribution in [0.3, 0.4) is 0 Å². The predicted octanol–water partition coefficient (Wildman–Crippen LogP) is 1.70. The molecule has 1 rings (SSSR count). The van der Waals surface area contributed by atoms with Crippen molar-refractivity contribution in [2.45, 2.75) is 58.6 Å². The van der Waals surface area contributed by atoms with Gasteiger partial charge in [0, 0.05) is 24.5 Å². The monoisotopic (exact) mass is 257 g/mol. The summed E-state index contributed by atoms with van der Waals surface area (Å²) in [6, 6.07) is 0.540. The smallest absolute Gasteiger partial charge is 0.139 e. The van der Waals surface area contributed by atoms with E-state index in [4.69, 9.17) is 15.7 Å². The Morgan fingerprint density at radius 3 is 2.78 bits per heavy atom. The van der Waals surface area contributed by atoms with Gasteiger partial charge in [-0.15, -0.1) is 0 Å². The van der Waals surface area contributed by atoms with Crippen LogP contribution in [-0.2, 0) is 4.74 Å². The Morgan fingerprint density at radius 2 is 2.22 bits per heavy atom. The zero-order valence-electron chi connectivity index (χ0n) is 11.8. The van der Waals surface area contributed by atoms with Crippen LogP contribution < -0.4 is 11.1 Å². The predicted molar refractivity (Wildman–Crippen MR) is 72.9 cm³/mol. The SMILES string of the molecule is CCOC1CC(NCCCCC(N)=NO)C1(C)C. The van der Waals surface area contributed by atoms with Crippen molar-refractivity contribution in [1.29, 1.82) is 0 Å². The largest absolute Gasteiger partial charge is 0.409 e. The molecule has 5 nitrogen and oxygen atoms in total. The van der Waals surface area contributed by atoms with Crippen LogP contribution in [0.1, 0.15) is 46.5 Å². The van der Waals surface area contributed by atoms with Crippen molar-refractivity contribution >= 4 is 5.84 Å². The minimum atomic E-state index is 0.224. The maximum atomic E-state index is 8.41. The van der Waals surface area contributed by atoms with Crippen molar-refractivity contribution in [3.63, 3.8) is 0 Å². The lowest BCUT2D eigenvalue weighted by atomic mass is 9.64. The van der Waals surface area contributed by atoms with E-state index in [0.717, 1.165) is 32.4 Å². The Kier molecular flexibility index (Phi) is 5.88. The summed E-state index contributed by atoms with van der Waals surface area (Å²) in [6.07, 6.45) is 4.14. The van der Waals surface area contributed by atoms with Crippen molar-refractivity contribution in [2.75, 3.05) is 13.2 Å². The van der Waals surface area contributed by atoms with Gasteiger partial charge in [0.25, 0.3) is 0 Å². The number of nitrogens with two attached hydrogens (primary N) is 1. The van der Waals surface area contributed by atoms with Gasteiger partial charge in [0.05, 0.1) is 6.10 Å². The summed E-state index contributed by atoms with van der Waals surface area (Å²) in [5.41, 5.74) is 5.63. The highest BCUT2D eigenvalue weighted by atomic mass is 16.5. The van der Waals surface area contributed by atoms with E-state index in [1.807, 2.05) is 6.92 Å². The lowest BCUT2D eigenvalue weighted by Crippen LogP contribution is -2.61. The number of rotatable bonds is 8. The molecule has 0 aromatic rings. The molecule has 0 aromatic heterocycles. The van der Waals surface area contributed by atoms with E-state index in [1.165, 1.54) is 0 Å². The van der Waals surface area contributed by atoms with Gasteiger partial charge >= 0.3 is 0 Å². The van der Waals surface area contributed by atoms with E-state index in [0.29, 0.717) is 24.4 Å². The van der Waals surface area contributed by atoms with Gasteiger partial charge in [-0.2, -0.15) is 0 Å². The first-order valence-electron chi connectivity index (χ1n) is 6.83. The Labute approximate surface area is 110 Å². The Bertz CT molecular complexity index is 279. The van der Waals surface area contributed by atoms with Crippen LogP contribution in [0.2, 0.25) is 0 Å². The van der Waals surface area contributed by atoms with Crippen LogP contribution in [0.25, 0.3) is 0 Å². The molecule has 0 aromatic carbocycles. The van der Waals surface area contributed by atoms with Crippen LogP contribution >= 0.6 is 0 Å². The standard InChI is InChI=1S/C13H27N3O2/c1-4-18-11-9-10(13(11,2)3)15-8-6-5-7-12(14)16-17/h10-11,15,17H,4-9H2,1-3H3,(H2,14,16). The van der Waals surface area contributed by atoms with Crippen LogP contribution in [0.5, 0.6) is 0 Å². The van der Waals surface area contributed by atoms with Crippen LogP contribution in [0.4, 0.5) is 0 Å². The third-order valence-electron chi connectivity index (χ3n) is 3.92. The second kappa shape index (κ2) is 6.95. The molecule has 0 amide bonds. The van der Waals surface area contributed by atoms with Gasteiger partial charge in [-0.1, -0.05) is 19.0 Å². The van der Waals surface area contributed by atoms with Crippen molar-refractivity contribution in [2.24, 2.45) is 16.3 Å². The number of nitrogens with one attached hydrogen (secondary N) is 1. The van der Waals surface area contributed by atoms with Gasteiger partial charge in [0.2, 0.25) is 0 Å². The van der Waals surface area contributed by atoms with Crippen molar-refractivity contribution in [1.82, 2.24) is 5.32 Å². The quantitative estimate of drug-likeness (QED) is 0.203. The summed E-state index contributed by atoms with van der Waals surface area (Å²) in [5, 5.41) is 14.9. The summed E-state index contributed by atoms with van der Waals surface area (Å²) in [4.78, 5) is 0. The molecule has 1 aliphatic carbocycles. The average Bonchev–Trinajstić information content (AvgIpc) is 2.35. The minimum absolute atomic E-state index is 0.224. The number of oxime groups is 1. The van der Waals surface area contributed by atoms with Gasteiger partial charge in [-0.25, -0.2) is 0 Å². The average molecular weight is 257 g/mol. The molecule has 1 aliphatic rings. The van der Waals surface area contributed by atoms with E-state index < -0.39 is 0 Å². The van der Waals surface area contributed by atoms with Crippen LogP contribution in [0, 0.1) is 5.41 Å². The molecular weight excluding hydrogens is 230 g/mol. The summed E-state index contributed by atoms with van der Waals surface area (Å²) in [5.74, 6) is 0.315. The van der Waals surface area contributed by atoms with Crippen LogP contribution in [-0.4, -0.2) is 36.3 Å². The molecule has 106 valence electrons. The Hall–Kier alpha value is -0.810. The molecule has 0 heterocycles. The van der Waals surface area contributed by atoms with E-state index >= 15 is 0 Å². The van der Waals surface area contributed by atoms with Gasteiger partial charge < -0.3 is 21.0 Å². The molecule has 0 aliphatic heterocycles. The minimum Gasteiger partial charge on any atom is -0.409 e. The lowest BCUT2D eigenvalue weighted by Gasteiger charge is -2.52. The summed E-state index contributed by atoms with van der Waals surface area (Å²) in [6.45, 7) is 8.33. The molecule has 1 saturated carbocycles. The number of amidine groups is 1. The molecule has 2 unspecified atom stereocenters. The van der Waals surface area contributed by atoms with E-state index in [-0.39, 0.29) is 5.41 Å². The Balaban J connectivity index is 2.11. The normalized spacial score (nSPS) is 26.9. The molecule has 4 N–H and O–H groups in total. The van der Waals surface area contributed by atoms with Crippen molar-refractivity contribution in [3.8, 4) is 0 Å². The van der Waals surface area contributed by atoms with Gasteiger partial charge in [0.1, 0.15) is 5.84 Å². The van der Waals surface area contributed by atoms with Crippen molar-refractivity contribution in [3.05, 3.63) is 0 Å². The number of hydrogen-bond acceptors (Lipinski definition) is 4. The zero-order valence-corrected chi connectivity index (χ0v) is 11.8. The zero-order chi connectivity index (χ0) is 13.6. The molecule has 1 fully saturated rings. The van der Waals surface area contributed by atoms with E-state index in [2.05, 4.69) is 24.3 Å². The van der Waals surface area contributed by atoms with Gasteiger partial charge in [-0.05, 0) is 32.7 Å². The topological polar surface area (TPSA) is 79.9 Å². The highest BCUT2D eigenvalue weighted by Gasteiger charge is 2.48. The summed E-state index contributed by atoms with van der Waals surface area (Å²) >= 11 is 0. The Morgan fingerprint density at radius 1 is 1.50 bits per heavy atom. The summed E-state index contributed by atoms with van der Waals surface area (Å²) in [7, 11) is 0. The number of hydrogen-bond donors (Lipinski definition) is 3. The van der Waals surface area contributed by atoms with E-state index in [9.17, 15) is 0 Å². The molecule has 0 spiro atoms. The fourth-order valence-corrected chi connectivity index (χ4v) is 2.47. The molecule has 0 bridgehead atoms. The first-order chi connectivity index (χ1) is 8.52. The number of unbranched alkanes of at least 4 members (excludes halogenated alkanes) is 1. The molecule has 0 saturated heterocycles. The summed E-state index contributed by atoms with van der Waals surface area (Å²) < 4.78 is 5.70. The fraction of sp³-hybridized carbons (Fsp3) is 0.923. The molecule has 2 atom stereocenters. The second-order valence-corrected chi connectivity index (χ2v) is 5.56. The van der Waals surface area contributed by atoms with E-state index in [1.54, 1.807) is 0 Å². The lowest BCUT2D eigenvalue weighted by molar-refractivity contribution is -0.113. The first-order valence-corrected chi connectivity index (χ1v) is 6.83. The number of nitrogens with zero attached hydrogens (tertiary/aromatic N) is 1. The van der Waals surface area contributed by atoms with Crippen molar-refractivity contribution < 1.29 is 9.94 Å². The highest BCUT2D eigenvalue weighted by Crippen LogP contribution is 2.42. The maximum absolute atomic E-state index is 8.41. The number of ether oxygens (including phenoxy) is 1. The molecule has 0 radical (unpaired) electrons. The van der Waals surface area contributed by atoms with Crippen LogP contribution in [0.15, 0.2) is 5.16 Å².